The van der Waals surface area contributed by atoms with E-state index >= 15 is 0 Å². The first kappa shape index (κ1) is 27.9. The van der Waals surface area contributed by atoms with Crippen molar-refractivity contribution in [1.82, 2.24) is 10.6 Å². The number of nitrogens with one attached hydrogen (secondary N) is 2. The van der Waals surface area contributed by atoms with Gasteiger partial charge in [-0.2, -0.15) is 0 Å². The molecule has 4 heteroatoms. The summed E-state index contributed by atoms with van der Waals surface area (Å²) in [5.41, 5.74) is 2.30. The zero-order valence-electron chi connectivity index (χ0n) is 20.8. The molecule has 2 N–H and O–H groups in total. The highest BCUT2D eigenvalue weighted by Gasteiger charge is 2.11. The molecule has 0 radical (unpaired) electrons. The van der Waals surface area contributed by atoms with Crippen molar-refractivity contribution in [1.29, 1.82) is 0 Å². The van der Waals surface area contributed by atoms with E-state index in [9.17, 15) is 9.59 Å². The average molecular weight is 443 g/mol. The molecule has 1 rings (SSSR count). The number of hydrogen-bond acceptors (Lipinski definition) is 2. The highest BCUT2D eigenvalue weighted by molar-refractivity contribution is 6.01. The molecule has 0 saturated carbocycles. The second-order valence-corrected chi connectivity index (χ2v) is 8.95. The van der Waals surface area contributed by atoms with Crippen molar-refractivity contribution >= 4 is 17.9 Å². The fourth-order valence-corrected chi connectivity index (χ4v) is 3.87. The zero-order chi connectivity index (χ0) is 23.4. The van der Waals surface area contributed by atoms with Crippen molar-refractivity contribution in [2.45, 2.75) is 111 Å². The molecule has 0 spiro atoms. The molecular weight excluding hydrogens is 396 g/mol. The van der Waals surface area contributed by atoms with Crippen LogP contribution >= 0.6 is 0 Å². The number of benzene rings is 1. The smallest absolute Gasteiger partial charge is 0.267 e. The topological polar surface area (TPSA) is 58.2 Å². The Balaban J connectivity index is 2.12. The van der Waals surface area contributed by atoms with Gasteiger partial charge in [-0.25, -0.2) is 0 Å². The summed E-state index contributed by atoms with van der Waals surface area (Å²) < 4.78 is 0. The van der Waals surface area contributed by atoms with Gasteiger partial charge in [0.25, 0.3) is 5.91 Å². The number of unbranched alkanes of at least 4 members (excludes halogenated alkanes) is 13. The number of carbonyl (C=O) groups excluding carboxylic acids is 2. The lowest BCUT2D eigenvalue weighted by atomic mass is 10.0. The van der Waals surface area contributed by atoms with Crippen LogP contribution in [0.3, 0.4) is 0 Å². The lowest BCUT2D eigenvalue weighted by molar-refractivity contribution is -0.122. The number of amides is 2. The van der Waals surface area contributed by atoms with E-state index in [1.807, 2.05) is 31.2 Å². The third-order valence-electron chi connectivity index (χ3n) is 5.86. The highest BCUT2D eigenvalue weighted by Crippen LogP contribution is 2.13. The molecule has 0 saturated heterocycles. The van der Waals surface area contributed by atoms with Crippen LogP contribution in [0.25, 0.3) is 6.08 Å². The molecule has 1 aromatic carbocycles. The maximum atomic E-state index is 12.5. The van der Waals surface area contributed by atoms with Gasteiger partial charge in [0.1, 0.15) is 5.70 Å². The molecule has 0 atom stereocenters. The third-order valence-corrected chi connectivity index (χ3v) is 5.86. The Morgan fingerprint density at radius 1 is 0.781 bits per heavy atom. The van der Waals surface area contributed by atoms with Gasteiger partial charge in [-0.1, -0.05) is 115 Å². The van der Waals surface area contributed by atoms with E-state index in [0.717, 1.165) is 24.0 Å². The first-order chi connectivity index (χ1) is 15.5. The lowest BCUT2D eigenvalue weighted by Gasteiger charge is -2.10. The first-order valence-corrected chi connectivity index (χ1v) is 12.9. The van der Waals surface area contributed by atoms with Crippen molar-refractivity contribution < 1.29 is 9.59 Å². The van der Waals surface area contributed by atoms with Crippen molar-refractivity contribution in [2.24, 2.45) is 0 Å². The van der Waals surface area contributed by atoms with Gasteiger partial charge >= 0.3 is 0 Å². The number of hydrogen-bond donors (Lipinski definition) is 2. The fourth-order valence-electron chi connectivity index (χ4n) is 3.87. The second-order valence-electron chi connectivity index (χ2n) is 8.95. The van der Waals surface area contributed by atoms with Gasteiger partial charge in [-0.15, -0.1) is 0 Å². The minimum atomic E-state index is -0.239. The van der Waals surface area contributed by atoms with E-state index in [2.05, 4.69) is 17.6 Å². The van der Waals surface area contributed by atoms with Crippen LogP contribution < -0.4 is 10.6 Å². The van der Waals surface area contributed by atoms with E-state index < -0.39 is 0 Å². The Labute approximate surface area is 196 Å². The Morgan fingerprint density at radius 2 is 1.28 bits per heavy atom. The van der Waals surface area contributed by atoms with Gasteiger partial charge in [-0.3, -0.25) is 9.59 Å². The molecule has 0 aliphatic rings. The van der Waals surface area contributed by atoms with Gasteiger partial charge in [0.2, 0.25) is 5.91 Å². The standard InChI is InChI=1S/C28H46N2O2/c1-4-5-6-7-8-9-10-11-12-13-14-15-16-19-22-29-28(32)27(30-25(3)31)23-26-21-18-17-20-24(26)2/h17-18,20-21,23H,4-16,19,22H2,1-3H3,(H,29,32)(H,30,31)/b27-23-. The van der Waals surface area contributed by atoms with Crippen LogP contribution in [0.4, 0.5) is 0 Å². The Kier molecular flexibility index (Phi) is 16.1. The summed E-state index contributed by atoms with van der Waals surface area (Å²) >= 11 is 0. The summed E-state index contributed by atoms with van der Waals surface area (Å²) in [7, 11) is 0. The van der Waals surface area contributed by atoms with Crippen LogP contribution in [-0.2, 0) is 9.59 Å². The van der Waals surface area contributed by atoms with Crippen LogP contribution in [0.2, 0.25) is 0 Å². The molecule has 0 bridgehead atoms. The van der Waals surface area contributed by atoms with E-state index in [4.69, 9.17) is 0 Å². The highest BCUT2D eigenvalue weighted by atomic mass is 16.2. The summed E-state index contributed by atoms with van der Waals surface area (Å²) in [4.78, 5) is 24.0. The summed E-state index contributed by atoms with van der Waals surface area (Å²) in [6.45, 7) is 6.32. The molecule has 0 aliphatic heterocycles. The van der Waals surface area contributed by atoms with E-state index in [-0.39, 0.29) is 11.8 Å². The number of carbonyl (C=O) groups is 2. The number of rotatable bonds is 18. The van der Waals surface area contributed by atoms with Crippen molar-refractivity contribution in [3.05, 3.63) is 41.1 Å². The van der Waals surface area contributed by atoms with Crippen molar-refractivity contribution in [3.8, 4) is 0 Å². The Hall–Kier alpha value is -2.10. The van der Waals surface area contributed by atoms with Gasteiger partial charge in [-0.05, 0) is 30.5 Å². The van der Waals surface area contributed by atoms with Crippen LogP contribution in [0.5, 0.6) is 0 Å². The minimum Gasteiger partial charge on any atom is -0.351 e. The molecule has 0 fully saturated rings. The van der Waals surface area contributed by atoms with E-state index in [1.54, 1.807) is 6.08 Å². The monoisotopic (exact) mass is 442 g/mol. The maximum absolute atomic E-state index is 12.5. The first-order valence-electron chi connectivity index (χ1n) is 12.9. The van der Waals surface area contributed by atoms with Gasteiger partial charge in [0.05, 0.1) is 0 Å². The average Bonchev–Trinajstić information content (AvgIpc) is 2.77. The van der Waals surface area contributed by atoms with E-state index in [0.29, 0.717) is 12.2 Å². The molecule has 32 heavy (non-hydrogen) atoms. The van der Waals surface area contributed by atoms with E-state index in [1.165, 1.54) is 84.0 Å². The molecule has 1 aromatic rings. The zero-order valence-corrected chi connectivity index (χ0v) is 20.8. The maximum Gasteiger partial charge on any atom is 0.267 e. The summed E-state index contributed by atoms with van der Waals surface area (Å²) in [6.07, 6.45) is 20.2. The van der Waals surface area contributed by atoms with Crippen LogP contribution in [0, 0.1) is 6.92 Å². The summed E-state index contributed by atoms with van der Waals surface area (Å²) in [5, 5.41) is 5.62. The lowest BCUT2D eigenvalue weighted by Crippen LogP contribution is -2.34. The van der Waals surface area contributed by atoms with Crippen LogP contribution in [-0.4, -0.2) is 18.4 Å². The molecule has 0 unspecified atom stereocenters. The normalized spacial score (nSPS) is 11.4. The van der Waals surface area contributed by atoms with Gasteiger partial charge in [0.15, 0.2) is 0 Å². The third kappa shape index (κ3) is 14.1. The van der Waals surface area contributed by atoms with Crippen molar-refractivity contribution in [3.63, 3.8) is 0 Å². The molecule has 4 nitrogen and oxygen atoms in total. The van der Waals surface area contributed by atoms with Crippen LogP contribution in [0.15, 0.2) is 30.0 Å². The van der Waals surface area contributed by atoms with Crippen molar-refractivity contribution in [2.75, 3.05) is 6.54 Å². The van der Waals surface area contributed by atoms with Gasteiger partial charge in [0, 0.05) is 13.5 Å². The molecular formula is C28H46N2O2. The second kappa shape index (κ2) is 18.5. The molecule has 180 valence electrons. The largest absolute Gasteiger partial charge is 0.351 e. The molecule has 0 aromatic heterocycles. The SMILES string of the molecule is CCCCCCCCCCCCCCCCNC(=O)/C(=C/c1ccccc1C)NC(C)=O. The predicted octanol–water partition coefficient (Wildman–Crippen LogP) is 7.07. The molecule has 0 aliphatic carbocycles. The Bertz CT molecular complexity index is 682. The molecule has 2 amide bonds. The minimum absolute atomic E-state index is 0.224. The molecule has 0 heterocycles. The predicted molar refractivity (Wildman–Crippen MR) is 136 cm³/mol. The quantitative estimate of drug-likeness (QED) is 0.189. The number of aryl methyl sites for hydroxylation is 1. The van der Waals surface area contributed by atoms with Gasteiger partial charge < -0.3 is 10.6 Å². The summed E-state index contributed by atoms with van der Waals surface area (Å²) in [5.74, 6) is -0.463. The fraction of sp³-hybridized carbons (Fsp3) is 0.643. The Morgan fingerprint density at radius 3 is 1.78 bits per heavy atom. The summed E-state index contributed by atoms with van der Waals surface area (Å²) in [6, 6.07) is 7.82. The van der Waals surface area contributed by atoms with Crippen LogP contribution in [0.1, 0.15) is 115 Å².